The van der Waals surface area contributed by atoms with E-state index in [1.54, 1.807) is 0 Å². The normalized spacial score (nSPS) is 11.0. The summed E-state index contributed by atoms with van der Waals surface area (Å²) in [6.07, 6.45) is 3.03. The number of nitrogens with one attached hydrogen (secondary N) is 1. The zero-order chi connectivity index (χ0) is 16.7. The Bertz CT molecular complexity index is 607. The fraction of sp³-hybridized carbons (Fsp3) is 0.444. The van der Waals surface area contributed by atoms with Gasteiger partial charge in [0.25, 0.3) is 0 Å². The van der Waals surface area contributed by atoms with Crippen molar-refractivity contribution in [2.45, 2.75) is 32.7 Å². The number of hydrogen-bond acceptors (Lipinski definition) is 5. The van der Waals surface area contributed by atoms with Crippen LogP contribution in [-0.2, 0) is 13.0 Å². The van der Waals surface area contributed by atoms with E-state index in [-0.39, 0.29) is 0 Å². The summed E-state index contributed by atoms with van der Waals surface area (Å²) in [7, 11) is 4.15. The number of nitrogens with zero attached hydrogens (tertiary/aromatic N) is 3. The lowest BCUT2D eigenvalue weighted by Crippen LogP contribution is -2.10. The first-order chi connectivity index (χ1) is 11.1. The summed E-state index contributed by atoms with van der Waals surface area (Å²) in [5.74, 6) is 1.14. The van der Waals surface area contributed by atoms with Gasteiger partial charge in [-0.25, -0.2) is 4.98 Å². The van der Waals surface area contributed by atoms with Gasteiger partial charge in [0, 0.05) is 25.6 Å². The highest BCUT2D eigenvalue weighted by Crippen LogP contribution is 2.14. The predicted octanol–water partition coefficient (Wildman–Crippen LogP) is 2.92. The molecule has 5 heteroatoms. The van der Waals surface area contributed by atoms with Gasteiger partial charge in [0.15, 0.2) is 0 Å². The zero-order valence-electron chi connectivity index (χ0n) is 14.3. The van der Waals surface area contributed by atoms with Crippen molar-refractivity contribution in [2.75, 3.05) is 31.7 Å². The fourth-order valence-corrected chi connectivity index (χ4v) is 2.43. The van der Waals surface area contributed by atoms with Crippen LogP contribution in [0.1, 0.15) is 36.6 Å². The van der Waals surface area contributed by atoms with Crippen molar-refractivity contribution in [3.8, 4) is 0 Å². The summed E-state index contributed by atoms with van der Waals surface area (Å²) in [5.41, 5.74) is 9.31. The molecule has 0 spiro atoms. The Balaban J connectivity index is 2.04. The van der Waals surface area contributed by atoms with Crippen molar-refractivity contribution in [2.24, 2.45) is 0 Å². The highest BCUT2D eigenvalue weighted by molar-refractivity contribution is 5.41. The molecule has 5 nitrogen and oxygen atoms in total. The number of hydrogen-bond donors (Lipinski definition) is 2. The van der Waals surface area contributed by atoms with Crippen molar-refractivity contribution >= 4 is 11.8 Å². The third-order valence-electron chi connectivity index (χ3n) is 3.54. The van der Waals surface area contributed by atoms with Crippen LogP contribution in [0.4, 0.5) is 11.8 Å². The van der Waals surface area contributed by atoms with Crippen LogP contribution in [0.25, 0.3) is 0 Å². The molecule has 0 aliphatic rings. The maximum atomic E-state index is 5.83. The third-order valence-corrected chi connectivity index (χ3v) is 3.54. The van der Waals surface area contributed by atoms with E-state index in [1.807, 2.05) is 6.07 Å². The number of benzene rings is 1. The molecule has 0 atom stereocenters. The largest absolute Gasteiger partial charge is 0.370 e. The van der Waals surface area contributed by atoms with E-state index in [0.29, 0.717) is 5.95 Å². The molecular formula is C18H27N5. The van der Waals surface area contributed by atoms with E-state index in [1.165, 1.54) is 11.1 Å². The lowest BCUT2D eigenvalue weighted by Gasteiger charge is -2.11. The van der Waals surface area contributed by atoms with Gasteiger partial charge in [-0.05, 0) is 31.6 Å². The molecule has 2 aromatic rings. The summed E-state index contributed by atoms with van der Waals surface area (Å²) in [6, 6.07) is 10.6. The van der Waals surface area contributed by atoms with E-state index in [9.17, 15) is 0 Å². The van der Waals surface area contributed by atoms with E-state index in [2.05, 4.69) is 65.5 Å². The molecular weight excluding hydrogens is 286 g/mol. The fourth-order valence-electron chi connectivity index (χ4n) is 2.43. The maximum Gasteiger partial charge on any atom is 0.222 e. The molecule has 0 radical (unpaired) electrons. The van der Waals surface area contributed by atoms with E-state index < -0.39 is 0 Å². The highest BCUT2D eigenvalue weighted by atomic mass is 15.1. The van der Waals surface area contributed by atoms with Gasteiger partial charge in [0.1, 0.15) is 5.82 Å². The summed E-state index contributed by atoms with van der Waals surface area (Å²) < 4.78 is 0. The first-order valence-electron chi connectivity index (χ1n) is 8.16. The number of nitrogen functional groups attached to an aromatic ring is 1. The number of unbranched alkanes of at least 4 members (excludes halogenated alkanes) is 1. The van der Waals surface area contributed by atoms with Gasteiger partial charge in [0.05, 0.1) is 5.69 Å². The molecule has 3 N–H and O–H groups in total. The van der Waals surface area contributed by atoms with Crippen LogP contribution in [0.2, 0.25) is 0 Å². The molecule has 0 bridgehead atoms. The van der Waals surface area contributed by atoms with Crippen molar-refractivity contribution in [1.29, 1.82) is 0 Å². The smallest absolute Gasteiger partial charge is 0.222 e. The predicted molar refractivity (Wildman–Crippen MR) is 96.5 cm³/mol. The summed E-state index contributed by atoms with van der Waals surface area (Å²) in [4.78, 5) is 10.8. The average Bonchev–Trinajstić information content (AvgIpc) is 2.48. The Morgan fingerprint density at radius 2 is 1.78 bits per heavy atom. The van der Waals surface area contributed by atoms with Gasteiger partial charge in [-0.2, -0.15) is 4.98 Å². The maximum absolute atomic E-state index is 5.83. The average molecular weight is 313 g/mol. The summed E-state index contributed by atoms with van der Waals surface area (Å²) in [6.45, 7) is 4.03. The zero-order valence-corrected chi connectivity index (χ0v) is 14.3. The van der Waals surface area contributed by atoms with Gasteiger partial charge in [-0.3, -0.25) is 0 Å². The van der Waals surface area contributed by atoms with Crippen LogP contribution in [-0.4, -0.2) is 35.5 Å². The quantitative estimate of drug-likeness (QED) is 0.734. The second kappa shape index (κ2) is 8.48. The van der Waals surface area contributed by atoms with Crippen molar-refractivity contribution in [3.05, 3.63) is 47.2 Å². The van der Waals surface area contributed by atoms with Gasteiger partial charge in [-0.15, -0.1) is 0 Å². The number of aromatic nitrogens is 2. The summed E-state index contributed by atoms with van der Waals surface area (Å²) >= 11 is 0. The number of rotatable bonds is 8. The Labute approximate surface area is 138 Å². The SMILES string of the molecule is CCCCNc1cc(Cc2ccc(CN(C)C)cc2)nc(N)n1. The molecule has 23 heavy (non-hydrogen) atoms. The Kier molecular flexibility index (Phi) is 6.35. The molecule has 1 heterocycles. The molecule has 0 saturated carbocycles. The standard InChI is InChI=1S/C18H27N5/c1-4-5-10-20-17-12-16(21-18(19)22-17)11-14-6-8-15(9-7-14)13-23(2)3/h6-9,12H,4-5,10-11,13H2,1-3H3,(H3,19,20,21,22). The van der Waals surface area contributed by atoms with Crippen LogP contribution < -0.4 is 11.1 Å². The molecule has 2 rings (SSSR count). The van der Waals surface area contributed by atoms with Gasteiger partial charge >= 0.3 is 0 Å². The van der Waals surface area contributed by atoms with Crippen LogP contribution >= 0.6 is 0 Å². The Morgan fingerprint density at radius 3 is 2.43 bits per heavy atom. The highest BCUT2D eigenvalue weighted by Gasteiger charge is 2.04. The van der Waals surface area contributed by atoms with Crippen LogP contribution in [0.15, 0.2) is 30.3 Å². The molecule has 0 aliphatic carbocycles. The van der Waals surface area contributed by atoms with Crippen LogP contribution in [0.5, 0.6) is 0 Å². The Hall–Kier alpha value is -2.14. The number of anilines is 2. The van der Waals surface area contributed by atoms with Crippen LogP contribution in [0.3, 0.4) is 0 Å². The Morgan fingerprint density at radius 1 is 1.09 bits per heavy atom. The first kappa shape index (κ1) is 17.2. The molecule has 0 amide bonds. The van der Waals surface area contributed by atoms with Crippen molar-refractivity contribution in [1.82, 2.24) is 14.9 Å². The van der Waals surface area contributed by atoms with Gasteiger partial charge in [-0.1, -0.05) is 37.6 Å². The lowest BCUT2D eigenvalue weighted by atomic mass is 10.1. The molecule has 0 aliphatic heterocycles. The topological polar surface area (TPSA) is 67.1 Å². The molecule has 124 valence electrons. The van der Waals surface area contributed by atoms with Crippen molar-refractivity contribution < 1.29 is 0 Å². The van der Waals surface area contributed by atoms with Gasteiger partial charge < -0.3 is 16.0 Å². The first-order valence-corrected chi connectivity index (χ1v) is 8.16. The minimum absolute atomic E-state index is 0.325. The molecule has 1 aromatic carbocycles. The van der Waals surface area contributed by atoms with Gasteiger partial charge in [0.2, 0.25) is 5.95 Å². The minimum Gasteiger partial charge on any atom is -0.370 e. The molecule has 0 fully saturated rings. The van der Waals surface area contributed by atoms with E-state index in [0.717, 1.165) is 43.9 Å². The minimum atomic E-state index is 0.325. The monoisotopic (exact) mass is 313 g/mol. The second-order valence-corrected chi connectivity index (χ2v) is 6.11. The molecule has 1 aromatic heterocycles. The van der Waals surface area contributed by atoms with E-state index in [4.69, 9.17) is 5.73 Å². The van der Waals surface area contributed by atoms with Crippen molar-refractivity contribution in [3.63, 3.8) is 0 Å². The third kappa shape index (κ3) is 5.87. The number of nitrogens with two attached hydrogens (primary N) is 1. The molecule has 0 saturated heterocycles. The second-order valence-electron chi connectivity index (χ2n) is 6.11. The lowest BCUT2D eigenvalue weighted by molar-refractivity contribution is 0.402. The van der Waals surface area contributed by atoms with Crippen LogP contribution in [0, 0.1) is 0 Å². The molecule has 0 unspecified atom stereocenters. The summed E-state index contributed by atoms with van der Waals surface area (Å²) in [5, 5.41) is 3.31. The van der Waals surface area contributed by atoms with E-state index >= 15 is 0 Å².